The standard InChI is InChI=1S/C7H12O2S/c1-2-9-4-3-7-5-10(8)6-7/h2,7H,1,3-6H2. The molecule has 0 unspecified atom stereocenters. The van der Waals surface area contributed by atoms with E-state index in [0.717, 1.165) is 24.5 Å². The first-order chi connectivity index (χ1) is 4.83. The van der Waals surface area contributed by atoms with Crippen molar-refractivity contribution in [3.05, 3.63) is 12.8 Å². The fourth-order valence-corrected chi connectivity index (χ4v) is 2.25. The molecule has 0 radical (unpaired) electrons. The zero-order valence-corrected chi connectivity index (χ0v) is 6.73. The van der Waals surface area contributed by atoms with Crippen LogP contribution in [0.2, 0.25) is 0 Å². The van der Waals surface area contributed by atoms with Crippen LogP contribution in [-0.4, -0.2) is 22.3 Å². The summed E-state index contributed by atoms with van der Waals surface area (Å²) in [6.07, 6.45) is 2.48. The smallest absolute Gasteiger partial charge is 0.0876 e. The van der Waals surface area contributed by atoms with E-state index in [9.17, 15) is 4.21 Å². The van der Waals surface area contributed by atoms with Gasteiger partial charge in [-0.3, -0.25) is 4.21 Å². The predicted octanol–water partition coefficient (Wildman–Crippen LogP) is 0.915. The second-order valence-electron chi connectivity index (χ2n) is 2.47. The lowest BCUT2D eigenvalue weighted by molar-refractivity contribution is 0.229. The van der Waals surface area contributed by atoms with Gasteiger partial charge in [0.2, 0.25) is 0 Å². The molecule has 1 aliphatic rings. The van der Waals surface area contributed by atoms with E-state index in [1.807, 2.05) is 0 Å². The molecule has 3 heteroatoms. The highest BCUT2D eigenvalue weighted by molar-refractivity contribution is 7.86. The van der Waals surface area contributed by atoms with Crippen LogP contribution in [0.1, 0.15) is 6.42 Å². The van der Waals surface area contributed by atoms with Crippen molar-refractivity contribution < 1.29 is 8.95 Å². The fraction of sp³-hybridized carbons (Fsp3) is 0.714. The molecule has 1 fully saturated rings. The van der Waals surface area contributed by atoms with E-state index in [-0.39, 0.29) is 0 Å². The highest BCUT2D eigenvalue weighted by Gasteiger charge is 2.24. The summed E-state index contributed by atoms with van der Waals surface area (Å²) in [6.45, 7) is 4.16. The molecule has 1 aliphatic heterocycles. The Morgan fingerprint density at radius 3 is 2.90 bits per heavy atom. The van der Waals surface area contributed by atoms with Crippen molar-refractivity contribution in [1.29, 1.82) is 0 Å². The molecule has 10 heavy (non-hydrogen) atoms. The van der Waals surface area contributed by atoms with Crippen molar-refractivity contribution >= 4 is 10.8 Å². The van der Waals surface area contributed by atoms with Gasteiger partial charge >= 0.3 is 0 Å². The molecule has 0 spiro atoms. The zero-order chi connectivity index (χ0) is 7.40. The average Bonchev–Trinajstić information content (AvgIpc) is 1.85. The van der Waals surface area contributed by atoms with E-state index < -0.39 is 10.8 Å². The maximum Gasteiger partial charge on any atom is 0.0876 e. The van der Waals surface area contributed by atoms with Crippen molar-refractivity contribution in [2.24, 2.45) is 5.92 Å². The molecule has 0 N–H and O–H groups in total. The van der Waals surface area contributed by atoms with Crippen LogP contribution >= 0.6 is 0 Å². The maximum atomic E-state index is 10.6. The molecule has 1 rings (SSSR count). The van der Waals surface area contributed by atoms with Gasteiger partial charge in [-0.2, -0.15) is 0 Å². The number of rotatable bonds is 4. The average molecular weight is 160 g/mol. The summed E-state index contributed by atoms with van der Waals surface area (Å²) in [5, 5.41) is 0. The summed E-state index contributed by atoms with van der Waals surface area (Å²) in [4.78, 5) is 0. The summed E-state index contributed by atoms with van der Waals surface area (Å²) >= 11 is 0. The van der Waals surface area contributed by atoms with E-state index >= 15 is 0 Å². The first kappa shape index (κ1) is 7.79. The van der Waals surface area contributed by atoms with Gasteiger partial charge in [-0.1, -0.05) is 6.58 Å². The van der Waals surface area contributed by atoms with E-state index in [4.69, 9.17) is 4.74 Å². The van der Waals surface area contributed by atoms with Gasteiger partial charge in [0.1, 0.15) is 0 Å². The van der Waals surface area contributed by atoms with Crippen LogP contribution in [0.3, 0.4) is 0 Å². The Kier molecular flexibility index (Phi) is 2.93. The van der Waals surface area contributed by atoms with Gasteiger partial charge in [-0.15, -0.1) is 0 Å². The molecule has 0 aliphatic carbocycles. The second kappa shape index (κ2) is 3.76. The lowest BCUT2D eigenvalue weighted by Crippen LogP contribution is -2.31. The lowest BCUT2D eigenvalue weighted by Gasteiger charge is -2.23. The van der Waals surface area contributed by atoms with E-state index in [0.29, 0.717) is 5.92 Å². The molecule has 0 amide bonds. The third-order valence-corrected chi connectivity index (χ3v) is 3.29. The first-order valence-electron chi connectivity index (χ1n) is 3.40. The quantitative estimate of drug-likeness (QED) is 0.451. The second-order valence-corrected chi connectivity index (χ2v) is 4.01. The Balaban J connectivity index is 1.95. The summed E-state index contributed by atoms with van der Waals surface area (Å²) in [5.41, 5.74) is 0. The van der Waals surface area contributed by atoms with Crippen LogP contribution in [0.5, 0.6) is 0 Å². The summed E-state index contributed by atoms with van der Waals surface area (Å²) < 4.78 is 15.5. The van der Waals surface area contributed by atoms with Gasteiger partial charge in [0.25, 0.3) is 0 Å². The Morgan fingerprint density at radius 2 is 2.40 bits per heavy atom. The van der Waals surface area contributed by atoms with Crippen molar-refractivity contribution in [2.45, 2.75) is 6.42 Å². The van der Waals surface area contributed by atoms with Crippen molar-refractivity contribution in [2.75, 3.05) is 18.1 Å². The third kappa shape index (κ3) is 2.14. The molecule has 0 aromatic heterocycles. The lowest BCUT2D eigenvalue weighted by atomic mass is 10.1. The molecule has 2 nitrogen and oxygen atoms in total. The minimum Gasteiger partial charge on any atom is -0.502 e. The van der Waals surface area contributed by atoms with Crippen LogP contribution in [0.25, 0.3) is 0 Å². The van der Waals surface area contributed by atoms with Crippen molar-refractivity contribution in [1.82, 2.24) is 0 Å². The molecule has 1 heterocycles. The van der Waals surface area contributed by atoms with Crippen LogP contribution < -0.4 is 0 Å². The fourth-order valence-electron chi connectivity index (χ4n) is 0.962. The largest absolute Gasteiger partial charge is 0.502 e. The van der Waals surface area contributed by atoms with Crippen LogP contribution in [0.4, 0.5) is 0 Å². The van der Waals surface area contributed by atoms with Gasteiger partial charge in [0.15, 0.2) is 0 Å². The van der Waals surface area contributed by atoms with Gasteiger partial charge in [0.05, 0.1) is 12.9 Å². The maximum absolute atomic E-state index is 10.6. The molecule has 0 saturated carbocycles. The minimum absolute atomic E-state index is 0.509. The van der Waals surface area contributed by atoms with Gasteiger partial charge < -0.3 is 4.74 Å². The molecule has 1 saturated heterocycles. The minimum atomic E-state index is -0.509. The molecular weight excluding hydrogens is 148 g/mol. The highest BCUT2D eigenvalue weighted by Crippen LogP contribution is 2.17. The van der Waals surface area contributed by atoms with Crippen LogP contribution in [0.15, 0.2) is 12.8 Å². The summed E-state index contributed by atoms with van der Waals surface area (Å²) in [5.74, 6) is 2.39. The summed E-state index contributed by atoms with van der Waals surface area (Å²) in [6, 6.07) is 0. The normalized spacial score (nSPS) is 30.8. The third-order valence-electron chi connectivity index (χ3n) is 1.60. The van der Waals surface area contributed by atoms with Gasteiger partial charge in [-0.05, 0) is 12.3 Å². The molecule has 0 aromatic rings. The van der Waals surface area contributed by atoms with Crippen LogP contribution in [0, 0.1) is 5.92 Å². The number of hydrogen-bond acceptors (Lipinski definition) is 2. The summed E-state index contributed by atoms with van der Waals surface area (Å²) in [7, 11) is -0.509. The monoisotopic (exact) mass is 160 g/mol. The Labute approximate surface area is 63.7 Å². The molecule has 0 bridgehead atoms. The van der Waals surface area contributed by atoms with Crippen LogP contribution in [-0.2, 0) is 15.5 Å². The number of ether oxygens (including phenoxy) is 1. The van der Waals surface area contributed by atoms with E-state index in [1.54, 1.807) is 0 Å². The van der Waals surface area contributed by atoms with E-state index in [2.05, 4.69) is 6.58 Å². The number of hydrogen-bond donors (Lipinski definition) is 0. The van der Waals surface area contributed by atoms with Gasteiger partial charge in [0, 0.05) is 22.3 Å². The molecule has 0 atom stereocenters. The first-order valence-corrected chi connectivity index (χ1v) is 4.89. The predicted molar refractivity (Wildman–Crippen MR) is 42.1 cm³/mol. The Bertz CT molecular complexity index is 137. The van der Waals surface area contributed by atoms with Crippen molar-refractivity contribution in [3.63, 3.8) is 0 Å². The Morgan fingerprint density at radius 1 is 1.70 bits per heavy atom. The van der Waals surface area contributed by atoms with Crippen molar-refractivity contribution in [3.8, 4) is 0 Å². The molecule has 0 aromatic carbocycles. The van der Waals surface area contributed by atoms with E-state index in [1.165, 1.54) is 6.26 Å². The topological polar surface area (TPSA) is 26.3 Å². The molecule has 58 valence electrons. The molecular formula is C7H12O2S. The zero-order valence-electron chi connectivity index (χ0n) is 5.91. The SMILES string of the molecule is C=COCCC1CS(=O)C1. The Hall–Kier alpha value is -0.310. The highest BCUT2D eigenvalue weighted by atomic mass is 32.2. The van der Waals surface area contributed by atoms with Gasteiger partial charge in [-0.25, -0.2) is 0 Å².